The van der Waals surface area contributed by atoms with Crippen LogP contribution in [0.2, 0.25) is 0 Å². The van der Waals surface area contributed by atoms with Crippen molar-refractivity contribution < 1.29 is 4.74 Å². The van der Waals surface area contributed by atoms with Crippen LogP contribution >= 0.6 is 0 Å². The first-order valence-corrected chi connectivity index (χ1v) is 5.94. The Morgan fingerprint density at radius 2 is 2.38 bits per heavy atom. The number of nitrogens with one attached hydrogen (secondary N) is 1. The monoisotopic (exact) mass is 220 g/mol. The van der Waals surface area contributed by atoms with Gasteiger partial charge in [-0.1, -0.05) is 0 Å². The fraction of sp³-hybridized carbons (Fsp3) is 0.538. The molecule has 0 saturated heterocycles. The van der Waals surface area contributed by atoms with Crippen LogP contribution in [0.1, 0.15) is 18.4 Å². The Bertz CT molecular complexity index is 352. The van der Waals surface area contributed by atoms with Gasteiger partial charge in [0.25, 0.3) is 0 Å². The Hall–Kier alpha value is -1.22. The molecule has 0 spiro atoms. The van der Waals surface area contributed by atoms with E-state index in [-0.39, 0.29) is 0 Å². The molecule has 1 aliphatic heterocycles. The van der Waals surface area contributed by atoms with E-state index >= 15 is 0 Å². The fourth-order valence-corrected chi connectivity index (χ4v) is 2.34. The first-order valence-electron chi connectivity index (χ1n) is 5.94. The number of ether oxygens (including phenoxy) is 1. The van der Waals surface area contributed by atoms with Gasteiger partial charge in [-0.05, 0) is 55.5 Å². The SMILES string of the molecule is COc1ccc2c(c1)CC(CCN)CCN2. The average Bonchev–Trinajstić information content (AvgIpc) is 2.50. The molecule has 0 aromatic heterocycles. The van der Waals surface area contributed by atoms with Crippen LogP contribution in [0.5, 0.6) is 5.75 Å². The second-order valence-corrected chi connectivity index (χ2v) is 4.39. The molecule has 1 aromatic rings. The highest BCUT2D eigenvalue weighted by Crippen LogP contribution is 2.29. The van der Waals surface area contributed by atoms with Gasteiger partial charge in [-0.15, -0.1) is 0 Å². The summed E-state index contributed by atoms with van der Waals surface area (Å²) in [6.07, 6.45) is 3.42. The summed E-state index contributed by atoms with van der Waals surface area (Å²) >= 11 is 0. The van der Waals surface area contributed by atoms with Crippen LogP contribution < -0.4 is 15.8 Å². The van der Waals surface area contributed by atoms with Gasteiger partial charge in [0, 0.05) is 12.2 Å². The highest BCUT2D eigenvalue weighted by molar-refractivity contribution is 5.55. The van der Waals surface area contributed by atoms with Crippen LogP contribution in [0.4, 0.5) is 5.69 Å². The molecule has 1 heterocycles. The lowest BCUT2D eigenvalue weighted by atomic mass is 9.94. The highest BCUT2D eigenvalue weighted by atomic mass is 16.5. The zero-order valence-corrected chi connectivity index (χ0v) is 9.83. The lowest BCUT2D eigenvalue weighted by molar-refractivity contribution is 0.413. The molecule has 3 N–H and O–H groups in total. The summed E-state index contributed by atoms with van der Waals surface area (Å²) in [4.78, 5) is 0. The van der Waals surface area contributed by atoms with Crippen LogP contribution in [0.25, 0.3) is 0 Å². The first kappa shape index (κ1) is 11.3. The Labute approximate surface area is 97.0 Å². The van der Waals surface area contributed by atoms with Crippen molar-refractivity contribution in [2.24, 2.45) is 11.7 Å². The normalized spacial score (nSPS) is 19.5. The van der Waals surface area contributed by atoms with Gasteiger partial charge in [-0.3, -0.25) is 0 Å². The number of benzene rings is 1. The Morgan fingerprint density at radius 1 is 1.50 bits per heavy atom. The van der Waals surface area contributed by atoms with Crippen molar-refractivity contribution in [2.45, 2.75) is 19.3 Å². The maximum absolute atomic E-state index is 5.64. The topological polar surface area (TPSA) is 47.3 Å². The van der Waals surface area contributed by atoms with E-state index < -0.39 is 0 Å². The minimum absolute atomic E-state index is 0.700. The molecule has 0 saturated carbocycles. The molecule has 0 radical (unpaired) electrons. The highest BCUT2D eigenvalue weighted by Gasteiger charge is 2.16. The van der Waals surface area contributed by atoms with Crippen molar-refractivity contribution in [2.75, 3.05) is 25.5 Å². The van der Waals surface area contributed by atoms with E-state index in [2.05, 4.69) is 17.4 Å². The molecule has 16 heavy (non-hydrogen) atoms. The van der Waals surface area contributed by atoms with Crippen LogP contribution in [0.15, 0.2) is 18.2 Å². The zero-order chi connectivity index (χ0) is 11.4. The largest absolute Gasteiger partial charge is 0.497 e. The predicted octanol–water partition coefficient (Wildman–Crippen LogP) is 2.02. The number of nitrogens with two attached hydrogens (primary N) is 1. The zero-order valence-electron chi connectivity index (χ0n) is 9.83. The number of fused-ring (bicyclic) bond motifs is 1. The molecule has 1 aromatic carbocycles. The van der Waals surface area contributed by atoms with Crippen LogP contribution in [0.3, 0.4) is 0 Å². The van der Waals surface area contributed by atoms with Gasteiger partial charge in [0.1, 0.15) is 5.75 Å². The van der Waals surface area contributed by atoms with Crippen molar-refractivity contribution >= 4 is 5.69 Å². The van der Waals surface area contributed by atoms with E-state index in [4.69, 9.17) is 10.5 Å². The van der Waals surface area contributed by atoms with E-state index in [0.29, 0.717) is 5.92 Å². The fourth-order valence-electron chi connectivity index (χ4n) is 2.34. The van der Waals surface area contributed by atoms with Crippen molar-refractivity contribution in [3.05, 3.63) is 23.8 Å². The number of rotatable bonds is 3. The number of anilines is 1. The minimum Gasteiger partial charge on any atom is -0.497 e. The van der Waals surface area contributed by atoms with E-state index in [9.17, 15) is 0 Å². The predicted molar refractivity (Wildman–Crippen MR) is 67.0 cm³/mol. The molecule has 1 unspecified atom stereocenters. The van der Waals surface area contributed by atoms with Gasteiger partial charge < -0.3 is 15.8 Å². The van der Waals surface area contributed by atoms with Crippen molar-refractivity contribution in [1.29, 1.82) is 0 Å². The van der Waals surface area contributed by atoms with Gasteiger partial charge in [-0.2, -0.15) is 0 Å². The van der Waals surface area contributed by atoms with Crippen LogP contribution in [-0.4, -0.2) is 20.2 Å². The summed E-state index contributed by atoms with van der Waals surface area (Å²) in [7, 11) is 1.71. The van der Waals surface area contributed by atoms with E-state index in [1.165, 1.54) is 17.7 Å². The third-order valence-electron chi connectivity index (χ3n) is 3.26. The van der Waals surface area contributed by atoms with Gasteiger partial charge in [0.15, 0.2) is 0 Å². The van der Waals surface area contributed by atoms with Gasteiger partial charge >= 0.3 is 0 Å². The van der Waals surface area contributed by atoms with Gasteiger partial charge in [-0.25, -0.2) is 0 Å². The molecule has 0 aliphatic carbocycles. The molecule has 0 fully saturated rings. The van der Waals surface area contributed by atoms with Crippen molar-refractivity contribution in [1.82, 2.24) is 0 Å². The molecule has 3 nitrogen and oxygen atoms in total. The Morgan fingerprint density at radius 3 is 3.12 bits per heavy atom. The van der Waals surface area contributed by atoms with E-state index in [1.54, 1.807) is 7.11 Å². The standard InChI is InChI=1S/C13H20N2O/c1-16-12-2-3-13-11(9-12)8-10(4-6-14)5-7-15-13/h2-3,9-10,15H,4-8,14H2,1H3. The molecular weight excluding hydrogens is 200 g/mol. The second kappa shape index (κ2) is 5.21. The van der Waals surface area contributed by atoms with Crippen LogP contribution in [0, 0.1) is 5.92 Å². The average molecular weight is 220 g/mol. The molecule has 88 valence electrons. The molecule has 1 aliphatic rings. The molecule has 0 amide bonds. The second-order valence-electron chi connectivity index (χ2n) is 4.39. The molecule has 2 rings (SSSR count). The number of hydrogen-bond donors (Lipinski definition) is 2. The summed E-state index contributed by atoms with van der Waals surface area (Å²) in [6.45, 7) is 1.83. The van der Waals surface area contributed by atoms with Crippen LogP contribution in [-0.2, 0) is 6.42 Å². The lowest BCUT2D eigenvalue weighted by Crippen LogP contribution is -2.12. The summed E-state index contributed by atoms with van der Waals surface area (Å²) in [5.41, 5.74) is 8.25. The summed E-state index contributed by atoms with van der Waals surface area (Å²) in [6, 6.07) is 6.26. The number of hydrogen-bond acceptors (Lipinski definition) is 3. The first-order chi connectivity index (χ1) is 7.83. The Balaban J connectivity index is 2.19. The van der Waals surface area contributed by atoms with Gasteiger partial charge in [0.05, 0.1) is 7.11 Å². The van der Waals surface area contributed by atoms with E-state index in [0.717, 1.165) is 31.7 Å². The summed E-state index contributed by atoms with van der Waals surface area (Å²) < 4.78 is 5.26. The van der Waals surface area contributed by atoms with Crippen molar-refractivity contribution in [3.63, 3.8) is 0 Å². The van der Waals surface area contributed by atoms with E-state index in [1.807, 2.05) is 6.07 Å². The smallest absolute Gasteiger partial charge is 0.119 e. The summed E-state index contributed by atoms with van der Waals surface area (Å²) in [5, 5.41) is 3.47. The molecular formula is C13H20N2O. The lowest BCUT2D eigenvalue weighted by Gasteiger charge is -2.13. The quantitative estimate of drug-likeness (QED) is 0.819. The number of methoxy groups -OCH3 is 1. The maximum atomic E-state index is 5.64. The molecule has 1 atom stereocenters. The minimum atomic E-state index is 0.700. The Kier molecular flexibility index (Phi) is 3.67. The van der Waals surface area contributed by atoms with Crippen molar-refractivity contribution in [3.8, 4) is 5.75 Å². The summed E-state index contributed by atoms with van der Waals surface area (Å²) in [5.74, 6) is 1.64. The molecule has 0 bridgehead atoms. The molecule has 3 heteroatoms. The third-order valence-corrected chi connectivity index (χ3v) is 3.26. The maximum Gasteiger partial charge on any atom is 0.119 e. The third kappa shape index (κ3) is 2.47. The van der Waals surface area contributed by atoms with Gasteiger partial charge in [0.2, 0.25) is 0 Å².